The van der Waals surface area contributed by atoms with E-state index in [1.165, 1.54) is 5.56 Å². The second-order valence-corrected chi connectivity index (χ2v) is 8.45. The summed E-state index contributed by atoms with van der Waals surface area (Å²) in [6.07, 6.45) is 0.567. The molecule has 1 fully saturated rings. The third kappa shape index (κ3) is 6.74. The molecule has 1 saturated heterocycles. The number of rotatable bonds is 9. The summed E-state index contributed by atoms with van der Waals surface area (Å²) in [6, 6.07) is 17.5. The van der Waals surface area contributed by atoms with Crippen molar-refractivity contribution < 1.29 is 19.1 Å². The van der Waals surface area contributed by atoms with Crippen LogP contribution < -0.4 is 9.47 Å². The molecule has 0 aliphatic carbocycles. The number of benzene rings is 2. The molecule has 6 heteroatoms. The minimum absolute atomic E-state index is 0.0405. The molecule has 0 spiro atoms. The summed E-state index contributed by atoms with van der Waals surface area (Å²) in [6.45, 7) is 8.76. The number of amides is 2. The van der Waals surface area contributed by atoms with Gasteiger partial charge in [0.05, 0.1) is 6.61 Å². The normalized spacial score (nSPS) is 14.9. The van der Waals surface area contributed by atoms with Gasteiger partial charge in [0, 0.05) is 32.6 Å². The SMILES string of the molecule is CC(Oc1ccc(C(C)C)cc1)C(=O)N1CCN(C(=O)CCCOc2ccccc2)CC1. The lowest BCUT2D eigenvalue weighted by molar-refractivity contribution is -0.143. The van der Waals surface area contributed by atoms with Crippen molar-refractivity contribution in [3.8, 4) is 11.5 Å². The van der Waals surface area contributed by atoms with Gasteiger partial charge in [-0.2, -0.15) is 0 Å². The average Bonchev–Trinajstić information content (AvgIpc) is 2.82. The van der Waals surface area contributed by atoms with Gasteiger partial charge in [0.15, 0.2) is 6.10 Å². The van der Waals surface area contributed by atoms with Gasteiger partial charge in [0.1, 0.15) is 11.5 Å². The van der Waals surface area contributed by atoms with Crippen LogP contribution in [0.25, 0.3) is 0 Å². The van der Waals surface area contributed by atoms with Crippen molar-refractivity contribution in [3.63, 3.8) is 0 Å². The van der Waals surface area contributed by atoms with E-state index in [1.54, 1.807) is 11.8 Å². The molecule has 1 aliphatic heterocycles. The van der Waals surface area contributed by atoms with Gasteiger partial charge in [-0.3, -0.25) is 9.59 Å². The van der Waals surface area contributed by atoms with Gasteiger partial charge in [-0.05, 0) is 49.1 Å². The van der Waals surface area contributed by atoms with Crippen LogP contribution in [-0.4, -0.2) is 60.5 Å². The minimum atomic E-state index is -0.558. The van der Waals surface area contributed by atoms with Crippen LogP contribution in [0.2, 0.25) is 0 Å². The number of ether oxygens (including phenoxy) is 2. The van der Waals surface area contributed by atoms with Crippen LogP contribution in [0.4, 0.5) is 0 Å². The van der Waals surface area contributed by atoms with Crippen molar-refractivity contribution in [1.82, 2.24) is 9.80 Å². The number of carbonyl (C=O) groups excluding carboxylic acids is 2. The Morgan fingerprint density at radius 2 is 1.47 bits per heavy atom. The molecule has 1 aliphatic rings. The number of para-hydroxylation sites is 1. The third-order valence-electron chi connectivity index (χ3n) is 5.70. The molecule has 172 valence electrons. The Morgan fingerprint density at radius 3 is 2.09 bits per heavy atom. The monoisotopic (exact) mass is 438 g/mol. The predicted octanol–water partition coefficient (Wildman–Crippen LogP) is 4.11. The predicted molar refractivity (Wildman–Crippen MR) is 125 cm³/mol. The first kappa shape index (κ1) is 23.6. The van der Waals surface area contributed by atoms with Crippen LogP contribution in [0.3, 0.4) is 0 Å². The van der Waals surface area contributed by atoms with Crippen molar-refractivity contribution in [2.24, 2.45) is 0 Å². The minimum Gasteiger partial charge on any atom is -0.494 e. The van der Waals surface area contributed by atoms with Gasteiger partial charge < -0.3 is 19.3 Å². The Morgan fingerprint density at radius 1 is 0.844 bits per heavy atom. The lowest BCUT2D eigenvalue weighted by Gasteiger charge is -2.36. The van der Waals surface area contributed by atoms with Gasteiger partial charge >= 0.3 is 0 Å². The summed E-state index contributed by atoms with van der Waals surface area (Å²) in [4.78, 5) is 28.9. The maximum atomic E-state index is 12.8. The Balaban J connectivity index is 1.37. The standard InChI is InChI=1S/C26H34N2O4/c1-20(2)22-11-13-24(14-12-22)32-21(3)26(30)28-17-15-27(16-18-28)25(29)10-7-19-31-23-8-5-4-6-9-23/h4-6,8-9,11-14,20-21H,7,10,15-19H2,1-3H3. The lowest BCUT2D eigenvalue weighted by atomic mass is 10.0. The first-order valence-corrected chi connectivity index (χ1v) is 11.4. The van der Waals surface area contributed by atoms with Crippen molar-refractivity contribution in [1.29, 1.82) is 0 Å². The molecule has 3 rings (SSSR count). The molecule has 0 saturated carbocycles. The van der Waals surface area contributed by atoms with Crippen molar-refractivity contribution >= 4 is 11.8 Å². The fourth-order valence-corrected chi connectivity index (χ4v) is 3.71. The van der Waals surface area contributed by atoms with Crippen LogP contribution in [0.15, 0.2) is 54.6 Å². The molecule has 0 radical (unpaired) electrons. The zero-order valence-corrected chi connectivity index (χ0v) is 19.3. The van der Waals surface area contributed by atoms with Gasteiger partial charge in [-0.25, -0.2) is 0 Å². The first-order chi connectivity index (χ1) is 15.4. The van der Waals surface area contributed by atoms with Crippen LogP contribution >= 0.6 is 0 Å². The number of carbonyl (C=O) groups is 2. The largest absolute Gasteiger partial charge is 0.494 e. The zero-order valence-electron chi connectivity index (χ0n) is 19.3. The fourth-order valence-electron chi connectivity index (χ4n) is 3.71. The molecule has 1 heterocycles. The van der Waals surface area contributed by atoms with Crippen LogP contribution in [0, 0.1) is 0 Å². The summed E-state index contributed by atoms with van der Waals surface area (Å²) in [5.41, 5.74) is 1.24. The summed E-state index contributed by atoms with van der Waals surface area (Å²) in [5, 5.41) is 0. The Bertz CT molecular complexity index is 859. The van der Waals surface area contributed by atoms with E-state index in [9.17, 15) is 9.59 Å². The molecule has 2 aromatic carbocycles. The Labute approximate surface area is 191 Å². The molecule has 0 N–H and O–H groups in total. The highest BCUT2D eigenvalue weighted by atomic mass is 16.5. The topological polar surface area (TPSA) is 59.1 Å². The quantitative estimate of drug-likeness (QED) is 0.553. The number of piperazine rings is 1. The Hall–Kier alpha value is -3.02. The van der Waals surface area contributed by atoms with Crippen molar-refractivity contribution in [2.75, 3.05) is 32.8 Å². The fraction of sp³-hybridized carbons (Fsp3) is 0.462. The lowest BCUT2D eigenvalue weighted by Crippen LogP contribution is -2.53. The number of nitrogens with zero attached hydrogens (tertiary/aromatic N) is 2. The molecule has 1 unspecified atom stereocenters. The smallest absolute Gasteiger partial charge is 0.263 e. The molecule has 2 aromatic rings. The van der Waals surface area contributed by atoms with E-state index in [2.05, 4.69) is 13.8 Å². The Kier molecular flexibility index (Phi) is 8.54. The van der Waals surface area contributed by atoms with Crippen LogP contribution in [0.5, 0.6) is 11.5 Å². The van der Waals surface area contributed by atoms with E-state index in [0.29, 0.717) is 57.3 Å². The highest BCUT2D eigenvalue weighted by Gasteiger charge is 2.27. The zero-order chi connectivity index (χ0) is 22.9. The molecular formula is C26H34N2O4. The molecule has 0 aromatic heterocycles. The molecule has 1 atom stereocenters. The summed E-state index contributed by atoms with van der Waals surface area (Å²) in [7, 11) is 0. The average molecular weight is 439 g/mol. The van der Waals surface area contributed by atoms with Crippen molar-refractivity contribution in [2.45, 2.75) is 45.6 Å². The molecule has 0 bridgehead atoms. The molecule has 32 heavy (non-hydrogen) atoms. The van der Waals surface area contributed by atoms with Gasteiger partial charge in [-0.15, -0.1) is 0 Å². The first-order valence-electron chi connectivity index (χ1n) is 11.4. The van der Waals surface area contributed by atoms with Gasteiger partial charge in [-0.1, -0.05) is 44.2 Å². The van der Waals surface area contributed by atoms with Gasteiger partial charge in [0.25, 0.3) is 5.91 Å². The maximum absolute atomic E-state index is 12.8. The van der Waals surface area contributed by atoms with E-state index in [-0.39, 0.29) is 11.8 Å². The van der Waals surface area contributed by atoms with E-state index in [1.807, 2.05) is 59.5 Å². The van der Waals surface area contributed by atoms with E-state index >= 15 is 0 Å². The summed E-state index contributed by atoms with van der Waals surface area (Å²) < 4.78 is 11.5. The van der Waals surface area contributed by atoms with E-state index in [0.717, 1.165) is 5.75 Å². The second-order valence-electron chi connectivity index (χ2n) is 8.45. The summed E-state index contributed by atoms with van der Waals surface area (Å²) >= 11 is 0. The number of hydrogen-bond acceptors (Lipinski definition) is 4. The second kappa shape index (κ2) is 11.6. The molecule has 2 amide bonds. The van der Waals surface area contributed by atoms with Crippen molar-refractivity contribution in [3.05, 3.63) is 60.2 Å². The number of hydrogen-bond donors (Lipinski definition) is 0. The van der Waals surface area contributed by atoms with E-state index in [4.69, 9.17) is 9.47 Å². The summed E-state index contributed by atoms with van der Waals surface area (Å²) in [5.74, 6) is 2.05. The molecular weight excluding hydrogens is 404 g/mol. The van der Waals surface area contributed by atoms with Crippen LogP contribution in [-0.2, 0) is 9.59 Å². The molecule has 6 nitrogen and oxygen atoms in total. The third-order valence-corrected chi connectivity index (χ3v) is 5.70. The van der Waals surface area contributed by atoms with Crippen LogP contribution in [0.1, 0.15) is 45.1 Å². The highest BCUT2D eigenvalue weighted by Crippen LogP contribution is 2.20. The maximum Gasteiger partial charge on any atom is 0.263 e. The van der Waals surface area contributed by atoms with E-state index < -0.39 is 6.10 Å². The van der Waals surface area contributed by atoms with Gasteiger partial charge in [0.2, 0.25) is 5.91 Å². The highest BCUT2D eigenvalue weighted by molar-refractivity contribution is 5.81.